The number of nitrogens with zero attached hydrogens (tertiary/aromatic N) is 2. The van der Waals surface area contributed by atoms with Gasteiger partial charge in [-0.2, -0.15) is 31.4 Å². The van der Waals surface area contributed by atoms with Gasteiger partial charge >= 0.3 is 12.4 Å². The van der Waals surface area contributed by atoms with Gasteiger partial charge in [-0.1, -0.05) is 13.0 Å². The zero-order valence-corrected chi connectivity index (χ0v) is 21.9. The molecule has 1 atom stereocenters. The summed E-state index contributed by atoms with van der Waals surface area (Å²) in [5.74, 6) is -2.85. The average Bonchev–Trinajstić information content (AvgIpc) is 3.10. The van der Waals surface area contributed by atoms with Crippen LogP contribution in [0.2, 0.25) is 0 Å². The van der Waals surface area contributed by atoms with Gasteiger partial charge in [0.25, 0.3) is 5.91 Å². The summed E-state index contributed by atoms with van der Waals surface area (Å²) in [6.45, 7) is 1.75. The number of hydrogen-bond donors (Lipinski definition) is 2. The number of fused-ring (bicyclic) bond motifs is 1. The smallest absolute Gasteiger partial charge is 0.422 e. The van der Waals surface area contributed by atoms with Gasteiger partial charge in [-0.05, 0) is 36.6 Å². The molecule has 0 spiro atoms. The largest absolute Gasteiger partial charge is 0.484 e. The fourth-order valence-corrected chi connectivity index (χ4v) is 4.84. The monoisotopic (exact) mass is 584 g/mol. The van der Waals surface area contributed by atoms with E-state index in [1.807, 2.05) is 0 Å². The van der Waals surface area contributed by atoms with Gasteiger partial charge in [-0.15, -0.1) is 0 Å². The molecule has 2 amide bonds. The molecule has 1 aromatic carbocycles. The van der Waals surface area contributed by atoms with Crippen LogP contribution in [0.1, 0.15) is 47.6 Å². The number of anilines is 1. The fourth-order valence-electron chi connectivity index (χ4n) is 4.29. The van der Waals surface area contributed by atoms with Crippen LogP contribution in [0.4, 0.5) is 32.0 Å². The van der Waals surface area contributed by atoms with E-state index in [2.05, 4.69) is 15.7 Å². The van der Waals surface area contributed by atoms with Crippen molar-refractivity contribution in [2.45, 2.75) is 57.5 Å². The van der Waals surface area contributed by atoms with Gasteiger partial charge in [0.05, 0.1) is 23.5 Å². The van der Waals surface area contributed by atoms with E-state index in [-0.39, 0.29) is 29.4 Å². The summed E-state index contributed by atoms with van der Waals surface area (Å²) in [5.41, 5.74) is -0.964. The normalized spacial score (nSPS) is 17.9. The highest BCUT2D eigenvalue weighted by Crippen LogP contribution is 2.36. The lowest BCUT2D eigenvalue weighted by atomic mass is 9.85. The lowest BCUT2D eigenvalue weighted by Gasteiger charge is -2.37. The number of sulfone groups is 1. The number of hydrogen-bond acceptors (Lipinski definition) is 6. The maximum atomic E-state index is 13.2. The van der Waals surface area contributed by atoms with Crippen molar-refractivity contribution in [1.29, 1.82) is 0 Å². The van der Waals surface area contributed by atoms with Crippen LogP contribution in [-0.4, -0.2) is 61.0 Å². The average molecular weight is 585 g/mol. The number of alkyl halides is 6. The first-order chi connectivity index (χ1) is 17.8. The van der Waals surface area contributed by atoms with Gasteiger partial charge in [0, 0.05) is 19.1 Å². The standard InChI is InChI=1S/C23H26F6N4O5S/c1-4-13-9-14(38-12-23(27,28)29)5-6-15(13)21(2)11-33-19(20(35)31-21)18(30-17(34)10-39(3,36)37)16(32-33)7-8-22(24,25)26/h5-6,9H,4,7-8,10-12H2,1-3H3,(H,30,34)(H,31,35)/t21-/m1/s1. The lowest BCUT2D eigenvalue weighted by molar-refractivity contribution is -0.153. The minimum atomic E-state index is -4.57. The molecule has 0 aliphatic carbocycles. The molecule has 216 valence electrons. The molecule has 0 radical (unpaired) electrons. The summed E-state index contributed by atoms with van der Waals surface area (Å²) in [6, 6.07) is 4.20. The maximum absolute atomic E-state index is 13.2. The van der Waals surface area contributed by atoms with Crippen molar-refractivity contribution < 1.29 is 49.1 Å². The minimum Gasteiger partial charge on any atom is -0.484 e. The summed E-state index contributed by atoms with van der Waals surface area (Å²) < 4.78 is 105. The van der Waals surface area contributed by atoms with Gasteiger partial charge in [0.1, 0.15) is 17.2 Å². The van der Waals surface area contributed by atoms with Gasteiger partial charge in [-0.3, -0.25) is 14.3 Å². The molecule has 2 aromatic rings. The number of carbonyl (C=O) groups is 2. The van der Waals surface area contributed by atoms with Crippen LogP contribution in [-0.2, 0) is 39.6 Å². The molecule has 1 aliphatic heterocycles. The number of carbonyl (C=O) groups excluding carboxylic acids is 2. The van der Waals surface area contributed by atoms with Crippen LogP contribution in [0.3, 0.4) is 0 Å². The topological polar surface area (TPSA) is 119 Å². The first kappa shape index (κ1) is 30.2. The number of benzene rings is 1. The van der Waals surface area contributed by atoms with Crippen LogP contribution < -0.4 is 15.4 Å². The van der Waals surface area contributed by atoms with E-state index in [4.69, 9.17) is 4.74 Å². The van der Waals surface area contributed by atoms with Gasteiger partial charge in [-0.25, -0.2) is 8.42 Å². The van der Waals surface area contributed by atoms with E-state index in [1.54, 1.807) is 13.8 Å². The molecule has 0 unspecified atom stereocenters. The Hall–Kier alpha value is -3.30. The Kier molecular flexibility index (Phi) is 8.29. The second kappa shape index (κ2) is 10.7. The van der Waals surface area contributed by atoms with Crippen LogP contribution in [0, 0.1) is 0 Å². The van der Waals surface area contributed by atoms with Crippen molar-refractivity contribution in [3.63, 3.8) is 0 Å². The van der Waals surface area contributed by atoms with Crippen molar-refractivity contribution in [1.82, 2.24) is 15.1 Å². The second-order valence-corrected chi connectivity index (χ2v) is 11.6. The van der Waals surface area contributed by atoms with Crippen LogP contribution in [0.15, 0.2) is 18.2 Å². The maximum Gasteiger partial charge on any atom is 0.422 e. The van der Waals surface area contributed by atoms with Gasteiger partial charge in [0.15, 0.2) is 16.4 Å². The molecule has 0 fully saturated rings. The molecular formula is C23H26F6N4O5S. The number of halogens is 6. The number of aromatic nitrogens is 2. The minimum absolute atomic E-state index is 0.0382. The van der Waals surface area contributed by atoms with Crippen LogP contribution in [0.25, 0.3) is 0 Å². The van der Waals surface area contributed by atoms with E-state index < -0.39 is 64.7 Å². The summed E-state index contributed by atoms with van der Waals surface area (Å²) in [4.78, 5) is 25.5. The van der Waals surface area contributed by atoms with Crippen molar-refractivity contribution in [3.05, 3.63) is 40.7 Å². The predicted molar refractivity (Wildman–Crippen MR) is 127 cm³/mol. The Labute approximate surface area is 219 Å². The molecule has 0 bridgehead atoms. The third-order valence-electron chi connectivity index (χ3n) is 5.85. The van der Waals surface area contributed by atoms with E-state index in [9.17, 15) is 44.3 Å². The second-order valence-electron chi connectivity index (χ2n) is 9.42. The Balaban J connectivity index is 2.00. The Morgan fingerprint density at radius 3 is 2.44 bits per heavy atom. The summed E-state index contributed by atoms with van der Waals surface area (Å²) in [6.07, 6.45) is -9.96. The van der Waals surface area contributed by atoms with Crippen molar-refractivity contribution >= 4 is 27.3 Å². The molecule has 2 heterocycles. The SMILES string of the molecule is CCc1cc(OCC(F)(F)F)ccc1[C@@]1(C)Cn2nc(CCC(F)(F)F)c(NC(=O)CS(C)(=O)=O)c2C(=O)N1. The Morgan fingerprint density at radius 1 is 1.21 bits per heavy atom. The number of nitrogens with one attached hydrogen (secondary N) is 2. The quantitative estimate of drug-likeness (QED) is 0.436. The third kappa shape index (κ3) is 7.86. The van der Waals surface area contributed by atoms with Gasteiger partial charge < -0.3 is 15.4 Å². The fraction of sp³-hybridized carbons (Fsp3) is 0.522. The van der Waals surface area contributed by atoms with Crippen LogP contribution >= 0.6 is 0 Å². The molecule has 16 heteroatoms. The number of amides is 2. The van der Waals surface area contributed by atoms with E-state index >= 15 is 0 Å². The lowest BCUT2D eigenvalue weighted by Crippen LogP contribution is -2.52. The molecule has 1 aromatic heterocycles. The van der Waals surface area contributed by atoms with Crippen molar-refractivity contribution in [3.8, 4) is 5.75 Å². The highest BCUT2D eigenvalue weighted by Gasteiger charge is 2.41. The third-order valence-corrected chi connectivity index (χ3v) is 6.64. The molecule has 0 saturated carbocycles. The zero-order chi connectivity index (χ0) is 29.4. The van der Waals surface area contributed by atoms with E-state index in [0.29, 0.717) is 17.5 Å². The number of aryl methyl sites for hydroxylation is 2. The summed E-state index contributed by atoms with van der Waals surface area (Å²) in [5, 5.41) is 9.12. The molecule has 9 nitrogen and oxygen atoms in total. The molecule has 3 rings (SSSR count). The van der Waals surface area contributed by atoms with Crippen molar-refractivity contribution in [2.24, 2.45) is 0 Å². The number of ether oxygens (including phenoxy) is 1. The first-order valence-electron chi connectivity index (χ1n) is 11.6. The van der Waals surface area contributed by atoms with E-state index in [1.165, 1.54) is 18.2 Å². The molecular weight excluding hydrogens is 558 g/mol. The summed E-state index contributed by atoms with van der Waals surface area (Å²) in [7, 11) is -3.78. The molecule has 39 heavy (non-hydrogen) atoms. The Morgan fingerprint density at radius 2 is 1.87 bits per heavy atom. The highest BCUT2D eigenvalue weighted by molar-refractivity contribution is 7.91. The van der Waals surface area contributed by atoms with Crippen molar-refractivity contribution in [2.75, 3.05) is 23.9 Å². The number of rotatable bonds is 9. The highest BCUT2D eigenvalue weighted by atomic mass is 32.2. The van der Waals surface area contributed by atoms with Gasteiger partial charge in [0.2, 0.25) is 5.91 Å². The van der Waals surface area contributed by atoms with Crippen LogP contribution in [0.5, 0.6) is 5.75 Å². The Bertz CT molecular complexity index is 1370. The first-order valence-corrected chi connectivity index (χ1v) is 13.7. The zero-order valence-electron chi connectivity index (χ0n) is 21.1. The predicted octanol–water partition coefficient (Wildman–Crippen LogP) is 3.52. The summed E-state index contributed by atoms with van der Waals surface area (Å²) >= 11 is 0. The molecule has 2 N–H and O–H groups in total. The molecule has 0 saturated heterocycles. The molecule has 1 aliphatic rings. The van der Waals surface area contributed by atoms with E-state index in [0.717, 1.165) is 10.9 Å².